The minimum absolute atomic E-state index is 0.0960. The molecule has 0 aliphatic rings. The number of nitrogens with zero attached hydrogens (tertiary/aromatic N) is 1. The van der Waals surface area contributed by atoms with Gasteiger partial charge in [-0.3, -0.25) is 0 Å². The molecule has 1 N–H and O–H groups in total. The number of benzene rings is 2. The van der Waals surface area contributed by atoms with Crippen LogP contribution in [0.3, 0.4) is 0 Å². The van der Waals surface area contributed by atoms with Gasteiger partial charge in [-0.05, 0) is 36.1 Å². The lowest BCUT2D eigenvalue weighted by molar-refractivity contribution is 0.0499. The first kappa shape index (κ1) is 15.2. The minimum atomic E-state index is -0.391. The Morgan fingerprint density at radius 1 is 1.24 bits per heavy atom. The number of anilines is 1. The van der Waals surface area contributed by atoms with E-state index in [0.29, 0.717) is 12.2 Å². The smallest absolute Gasteiger partial charge is 0.338 e. The Kier molecular flexibility index (Phi) is 4.68. The van der Waals surface area contributed by atoms with E-state index in [-0.39, 0.29) is 5.75 Å². The van der Waals surface area contributed by atoms with E-state index >= 15 is 0 Å². The fraction of sp³-hybridized carbons (Fsp3) is 0.353. The lowest BCUT2D eigenvalue weighted by atomic mass is 10.0. The van der Waals surface area contributed by atoms with Crippen molar-refractivity contribution in [2.45, 2.75) is 19.8 Å². The number of phenols is 1. The number of carbonyl (C=O) groups excluding carboxylic acids is 1. The number of fused-ring (bicyclic) bond motifs is 1. The van der Waals surface area contributed by atoms with Gasteiger partial charge >= 0.3 is 5.97 Å². The molecule has 2 rings (SSSR count). The lowest BCUT2D eigenvalue weighted by Gasteiger charge is -2.14. The molecule has 0 spiro atoms. The molecule has 0 saturated carbocycles. The SMILES string of the molecule is CCCCOC(=O)c1cc(O)c2cc(N(C)C)ccc2c1. The summed E-state index contributed by atoms with van der Waals surface area (Å²) in [5, 5.41) is 11.7. The maximum absolute atomic E-state index is 11.9. The molecular formula is C17H21NO3. The molecule has 2 aromatic rings. The monoisotopic (exact) mass is 287 g/mol. The van der Waals surface area contributed by atoms with Crippen molar-refractivity contribution in [3.05, 3.63) is 35.9 Å². The van der Waals surface area contributed by atoms with Crippen LogP contribution in [-0.2, 0) is 4.74 Å². The number of carbonyl (C=O) groups is 1. The number of rotatable bonds is 5. The van der Waals surface area contributed by atoms with Gasteiger partial charge in [0.1, 0.15) is 5.75 Å². The maximum Gasteiger partial charge on any atom is 0.338 e. The van der Waals surface area contributed by atoms with Crippen LogP contribution in [0.1, 0.15) is 30.1 Å². The van der Waals surface area contributed by atoms with Crippen LogP contribution < -0.4 is 4.90 Å². The molecule has 0 fully saturated rings. The van der Waals surface area contributed by atoms with Crippen LogP contribution in [0, 0.1) is 0 Å². The lowest BCUT2D eigenvalue weighted by Crippen LogP contribution is -2.08. The van der Waals surface area contributed by atoms with Gasteiger partial charge in [-0.1, -0.05) is 19.4 Å². The summed E-state index contributed by atoms with van der Waals surface area (Å²) in [6.07, 6.45) is 1.82. The topological polar surface area (TPSA) is 49.8 Å². The van der Waals surface area contributed by atoms with Gasteiger partial charge in [0.15, 0.2) is 0 Å². The molecule has 0 aliphatic heterocycles. The second-order valence-corrected chi connectivity index (χ2v) is 5.28. The average Bonchev–Trinajstić information content (AvgIpc) is 2.46. The Morgan fingerprint density at radius 3 is 2.67 bits per heavy atom. The molecule has 0 unspecified atom stereocenters. The number of aromatic hydroxyl groups is 1. The van der Waals surface area contributed by atoms with Gasteiger partial charge in [-0.2, -0.15) is 0 Å². The minimum Gasteiger partial charge on any atom is -0.507 e. The van der Waals surface area contributed by atoms with Gasteiger partial charge in [-0.25, -0.2) is 4.79 Å². The molecule has 0 heterocycles. The van der Waals surface area contributed by atoms with Crippen LogP contribution in [0.5, 0.6) is 5.75 Å². The molecule has 2 aromatic carbocycles. The van der Waals surface area contributed by atoms with E-state index in [9.17, 15) is 9.90 Å². The third kappa shape index (κ3) is 3.45. The number of unbranched alkanes of at least 4 members (excludes halogenated alkanes) is 1. The van der Waals surface area contributed by atoms with Crippen LogP contribution in [-0.4, -0.2) is 31.8 Å². The van der Waals surface area contributed by atoms with E-state index in [1.54, 1.807) is 6.07 Å². The van der Waals surface area contributed by atoms with Gasteiger partial charge in [0, 0.05) is 25.2 Å². The zero-order valence-electron chi connectivity index (χ0n) is 12.7. The maximum atomic E-state index is 11.9. The predicted octanol–water partition coefficient (Wildman–Crippen LogP) is 3.57. The predicted molar refractivity (Wildman–Crippen MR) is 85.1 cm³/mol. The van der Waals surface area contributed by atoms with Gasteiger partial charge in [-0.15, -0.1) is 0 Å². The van der Waals surface area contributed by atoms with E-state index in [0.717, 1.165) is 29.3 Å². The molecule has 0 atom stereocenters. The Labute approximate surface area is 124 Å². The Morgan fingerprint density at radius 2 is 2.00 bits per heavy atom. The molecule has 0 amide bonds. The number of esters is 1. The largest absolute Gasteiger partial charge is 0.507 e. The highest BCUT2D eigenvalue weighted by molar-refractivity contribution is 5.99. The second-order valence-electron chi connectivity index (χ2n) is 5.28. The van der Waals surface area contributed by atoms with Gasteiger partial charge in [0.25, 0.3) is 0 Å². The van der Waals surface area contributed by atoms with E-state index < -0.39 is 5.97 Å². The molecule has 4 heteroatoms. The fourth-order valence-corrected chi connectivity index (χ4v) is 2.11. The fourth-order valence-electron chi connectivity index (χ4n) is 2.11. The summed E-state index contributed by atoms with van der Waals surface area (Å²) in [6.45, 7) is 2.45. The third-order valence-corrected chi connectivity index (χ3v) is 3.40. The highest BCUT2D eigenvalue weighted by Gasteiger charge is 2.12. The summed E-state index contributed by atoms with van der Waals surface area (Å²) < 4.78 is 5.18. The van der Waals surface area contributed by atoms with Crippen LogP contribution in [0.4, 0.5) is 5.69 Å². The van der Waals surface area contributed by atoms with Crippen LogP contribution in [0.2, 0.25) is 0 Å². The highest BCUT2D eigenvalue weighted by Crippen LogP contribution is 2.30. The summed E-state index contributed by atoms with van der Waals surface area (Å²) in [6, 6.07) is 8.97. The normalized spacial score (nSPS) is 10.6. The summed E-state index contributed by atoms with van der Waals surface area (Å²) in [4.78, 5) is 13.9. The van der Waals surface area contributed by atoms with Crippen molar-refractivity contribution >= 4 is 22.4 Å². The van der Waals surface area contributed by atoms with Crippen LogP contribution in [0.15, 0.2) is 30.3 Å². The van der Waals surface area contributed by atoms with Crippen LogP contribution >= 0.6 is 0 Å². The van der Waals surface area contributed by atoms with Crippen molar-refractivity contribution < 1.29 is 14.6 Å². The number of ether oxygens (including phenoxy) is 1. The number of hydrogen-bond acceptors (Lipinski definition) is 4. The molecule has 0 saturated heterocycles. The molecule has 0 aliphatic carbocycles. The molecule has 0 aromatic heterocycles. The van der Waals surface area contributed by atoms with Crippen molar-refractivity contribution in [2.24, 2.45) is 0 Å². The Hall–Kier alpha value is -2.23. The first-order valence-electron chi connectivity index (χ1n) is 7.14. The van der Waals surface area contributed by atoms with Crippen LogP contribution in [0.25, 0.3) is 10.8 Å². The van der Waals surface area contributed by atoms with E-state index in [2.05, 4.69) is 0 Å². The van der Waals surface area contributed by atoms with Crippen molar-refractivity contribution in [3.8, 4) is 5.75 Å². The molecule has 4 nitrogen and oxygen atoms in total. The summed E-state index contributed by atoms with van der Waals surface area (Å²) in [5.41, 5.74) is 1.38. The molecule has 0 radical (unpaired) electrons. The zero-order valence-corrected chi connectivity index (χ0v) is 12.7. The van der Waals surface area contributed by atoms with Gasteiger partial charge in [0.2, 0.25) is 0 Å². The number of phenolic OH excluding ortho intramolecular Hbond substituents is 1. The first-order chi connectivity index (χ1) is 10.0. The van der Waals surface area contributed by atoms with Crippen molar-refractivity contribution in [1.29, 1.82) is 0 Å². The Bertz CT molecular complexity index is 650. The summed E-state index contributed by atoms with van der Waals surface area (Å²) in [5.74, 6) is -0.295. The highest BCUT2D eigenvalue weighted by atomic mass is 16.5. The van der Waals surface area contributed by atoms with E-state index in [4.69, 9.17) is 4.74 Å². The zero-order chi connectivity index (χ0) is 15.4. The van der Waals surface area contributed by atoms with E-state index in [1.807, 2.05) is 44.1 Å². The van der Waals surface area contributed by atoms with E-state index in [1.165, 1.54) is 6.07 Å². The van der Waals surface area contributed by atoms with Crippen molar-refractivity contribution in [1.82, 2.24) is 0 Å². The summed E-state index contributed by atoms with van der Waals surface area (Å²) in [7, 11) is 3.88. The van der Waals surface area contributed by atoms with Crippen molar-refractivity contribution in [2.75, 3.05) is 25.6 Å². The molecule has 112 valence electrons. The molecular weight excluding hydrogens is 266 g/mol. The Balaban J connectivity index is 2.32. The third-order valence-electron chi connectivity index (χ3n) is 3.40. The quantitative estimate of drug-likeness (QED) is 0.674. The molecule has 0 bridgehead atoms. The molecule has 21 heavy (non-hydrogen) atoms. The van der Waals surface area contributed by atoms with Gasteiger partial charge in [0.05, 0.1) is 12.2 Å². The average molecular weight is 287 g/mol. The standard InChI is InChI=1S/C17H21NO3/c1-4-5-8-21-17(20)13-9-12-6-7-14(18(2)3)11-15(12)16(19)10-13/h6-7,9-11,19H,4-5,8H2,1-3H3. The van der Waals surface area contributed by atoms with Crippen molar-refractivity contribution in [3.63, 3.8) is 0 Å². The second kappa shape index (κ2) is 6.48. The number of hydrogen-bond donors (Lipinski definition) is 1. The summed E-state index contributed by atoms with van der Waals surface area (Å²) >= 11 is 0. The van der Waals surface area contributed by atoms with Gasteiger partial charge < -0.3 is 14.7 Å². The first-order valence-corrected chi connectivity index (χ1v) is 7.14.